The van der Waals surface area contributed by atoms with Crippen LogP contribution >= 0.6 is 11.3 Å². The van der Waals surface area contributed by atoms with Crippen molar-refractivity contribution in [3.63, 3.8) is 0 Å². The van der Waals surface area contributed by atoms with E-state index in [9.17, 15) is 4.79 Å². The molecule has 100 valence electrons. The van der Waals surface area contributed by atoms with Crippen molar-refractivity contribution in [2.24, 2.45) is 0 Å². The molecule has 2 aromatic rings. The second-order valence-electron chi connectivity index (χ2n) is 4.12. The first-order valence-corrected chi connectivity index (χ1v) is 6.69. The zero-order valence-electron chi connectivity index (χ0n) is 10.8. The maximum Gasteiger partial charge on any atom is 0.266 e. The molecule has 1 amide bonds. The number of benzene rings is 1. The lowest BCUT2D eigenvalue weighted by Gasteiger charge is -2.03. The average molecular weight is 284 g/mol. The number of hydrogen-bond donors (Lipinski definition) is 2. The summed E-state index contributed by atoms with van der Waals surface area (Å²) in [5, 5.41) is 20.9. The van der Waals surface area contributed by atoms with Gasteiger partial charge in [0.1, 0.15) is 17.4 Å². The monoisotopic (exact) mass is 284 g/mol. The molecule has 1 aromatic heterocycles. The molecular weight excluding hydrogens is 272 g/mol. The summed E-state index contributed by atoms with van der Waals surface area (Å²) >= 11 is 1.52. The van der Waals surface area contributed by atoms with Crippen LogP contribution in [0.1, 0.15) is 9.75 Å². The first kappa shape index (κ1) is 13.8. The quantitative estimate of drug-likeness (QED) is 0.516. The number of hydrogen-bond acceptors (Lipinski definition) is 4. The van der Waals surface area contributed by atoms with Gasteiger partial charge in [0.15, 0.2) is 0 Å². The van der Waals surface area contributed by atoms with Gasteiger partial charge in [-0.1, -0.05) is 0 Å². The van der Waals surface area contributed by atoms with Crippen LogP contribution in [0.4, 0.5) is 5.69 Å². The van der Waals surface area contributed by atoms with Crippen LogP contribution in [0.2, 0.25) is 0 Å². The molecule has 0 aliphatic carbocycles. The average Bonchev–Trinajstić information content (AvgIpc) is 2.84. The molecule has 5 heteroatoms. The predicted molar refractivity (Wildman–Crippen MR) is 79.4 cm³/mol. The molecule has 0 spiro atoms. The molecule has 0 saturated heterocycles. The fourth-order valence-electron chi connectivity index (χ4n) is 1.57. The Hall–Kier alpha value is -2.58. The second-order valence-corrected chi connectivity index (χ2v) is 5.44. The maximum atomic E-state index is 12.0. The van der Waals surface area contributed by atoms with E-state index in [0.29, 0.717) is 5.69 Å². The van der Waals surface area contributed by atoms with Crippen molar-refractivity contribution in [2.75, 3.05) is 5.32 Å². The molecule has 0 radical (unpaired) electrons. The van der Waals surface area contributed by atoms with Crippen molar-refractivity contribution in [3.05, 3.63) is 51.7 Å². The molecule has 0 saturated carbocycles. The molecule has 0 atom stereocenters. The molecule has 0 aliphatic heterocycles. The number of thiophene rings is 1. The van der Waals surface area contributed by atoms with E-state index in [-0.39, 0.29) is 11.3 Å². The molecule has 2 rings (SSSR count). The van der Waals surface area contributed by atoms with Crippen LogP contribution in [-0.4, -0.2) is 11.0 Å². The van der Waals surface area contributed by atoms with E-state index >= 15 is 0 Å². The highest BCUT2D eigenvalue weighted by atomic mass is 32.1. The summed E-state index contributed by atoms with van der Waals surface area (Å²) in [6, 6.07) is 11.8. The molecule has 1 heterocycles. The van der Waals surface area contributed by atoms with Crippen LogP contribution in [0.15, 0.2) is 42.0 Å². The summed E-state index contributed by atoms with van der Waals surface area (Å²) in [4.78, 5) is 14.0. The standard InChI is InChI=1S/C15H12N2O2S/c1-10-2-7-14(20-10)8-11(9-16)15(19)17-12-3-5-13(18)6-4-12/h2-8,18H,1H3,(H,17,19)/b11-8-. The fourth-order valence-corrected chi connectivity index (χ4v) is 2.39. The molecule has 0 fully saturated rings. The number of phenols is 1. The summed E-state index contributed by atoms with van der Waals surface area (Å²) in [6.07, 6.45) is 1.56. The summed E-state index contributed by atoms with van der Waals surface area (Å²) < 4.78 is 0. The second kappa shape index (κ2) is 6.04. The van der Waals surface area contributed by atoms with Crippen molar-refractivity contribution < 1.29 is 9.90 Å². The summed E-state index contributed by atoms with van der Waals surface area (Å²) in [7, 11) is 0. The van der Waals surface area contributed by atoms with Gasteiger partial charge >= 0.3 is 0 Å². The predicted octanol–water partition coefficient (Wildman–Crippen LogP) is 3.31. The van der Waals surface area contributed by atoms with E-state index in [2.05, 4.69) is 5.32 Å². The van der Waals surface area contributed by atoms with Gasteiger partial charge in [0.25, 0.3) is 5.91 Å². The Bertz CT molecular complexity index is 693. The minimum atomic E-state index is -0.468. The molecule has 0 unspecified atom stereocenters. The van der Waals surface area contributed by atoms with Crippen molar-refractivity contribution in [1.29, 1.82) is 5.26 Å². The van der Waals surface area contributed by atoms with E-state index in [1.54, 1.807) is 18.2 Å². The lowest BCUT2D eigenvalue weighted by Crippen LogP contribution is -2.13. The number of anilines is 1. The van der Waals surface area contributed by atoms with Gasteiger partial charge in [-0.15, -0.1) is 11.3 Å². The largest absolute Gasteiger partial charge is 0.508 e. The third kappa shape index (κ3) is 3.46. The Morgan fingerprint density at radius 1 is 1.30 bits per heavy atom. The van der Waals surface area contributed by atoms with Gasteiger partial charge in [-0.05, 0) is 49.4 Å². The van der Waals surface area contributed by atoms with Crippen LogP contribution < -0.4 is 5.32 Å². The zero-order valence-corrected chi connectivity index (χ0v) is 11.6. The number of amides is 1. The van der Waals surface area contributed by atoms with Crippen molar-refractivity contribution >= 4 is 29.0 Å². The first-order valence-electron chi connectivity index (χ1n) is 5.87. The van der Waals surface area contributed by atoms with Gasteiger partial charge in [0.05, 0.1) is 0 Å². The van der Waals surface area contributed by atoms with Gasteiger partial charge in [0.2, 0.25) is 0 Å². The first-order chi connectivity index (χ1) is 9.58. The highest BCUT2D eigenvalue weighted by Gasteiger charge is 2.10. The molecule has 0 bridgehead atoms. The number of nitriles is 1. The van der Waals surface area contributed by atoms with E-state index in [1.165, 1.54) is 23.5 Å². The van der Waals surface area contributed by atoms with Gasteiger partial charge < -0.3 is 10.4 Å². The minimum Gasteiger partial charge on any atom is -0.508 e. The number of carbonyl (C=O) groups excluding carboxylic acids is 1. The number of aromatic hydroxyl groups is 1. The molecule has 2 N–H and O–H groups in total. The topological polar surface area (TPSA) is 73.1 Å². The fraction of sp³-hybridized carbons (Fsp3) is 0.0667. The third-order valence-electron chi connectivity index (χ3n) is 2.54. The summed E-state index contributed by atoms with van der Waals surface area (Å²) in [6.45, 7) is 1.96. The van der Waals surface area contributed by atoms with Gasteiger partial charge in [-0.25, -0.2) is 0 Å². The zero-order chi connectivity index (χ0) is 14.5. The highest BCUT2D eigenvalue weighted by molar-refractivity contribution is 7.12. The lowest BCUT2D eigenvalue weighted by molar-refractivity contribution is -0.112. The number of carbonyl (C=O) groups is 1. The highest BCUT2D eigenvalue weighted by Crippen LogP contribution is 2.19. The number of nitrogens with one attached hydrogen (secondary N) is 1. The summed E-state index contributed by atoms with van der Waals surface area (Å²) in [5.41, 5.74) is 0.566. The van der Waals surface area contributed by atoms with Crippen LogP contribution in [0.5, 0.6) is 5.75 Å². The molecule has 20 heavy (non-hydrogen) atoms. The normalized spacial score (nSPS) is 10.9. The Morgan fingerprint density at radius 2 is 2.00 bits per heavy atom. The molecule has 0 aliphatic rings. The van der Waals surface area contributed by atoms with E-state index < -0.39 is 5.91 Å². The van der Waals surface area contributed by atoms with Crippen LogP contribution in [0.3, 0.4) is 0 Å². The van der Waals surface area contributed by atoms with Crippen molar-refractivity contribution in [3.8, 4) is 11.8 Å². The van der Waals surface area contributed by atoms with Crippen molar-refractivity contribution in [1.82, 2.24) is 0 Å². The SMILES string of the molecule is Cc1ccc(/C=C(/C#N)C(=O)Nc2ccc(O)cc2)s1. The third-order valence-corrected chi connectivity index (χ3v) is 3.49. The minimum absolute atomic E-state index is 0.0416. The summed E-state index contributed by atoms with van der Waals surface area (Å²) in [5.74, 6) is -0.350. The molecular formula is C15H12N2O2S. The number of aryl methyl sites for hydroxylation is 1. The van der Waals surface area contributed by atoms with E-state index in [0.717, 1.165) is 9.75 Å². The Morgan fingerprint density at radius 3 is 2.55 bits per heavy atom. The molecule has 1 aromatic carbocycles. The molecule has 4 nitrogen and oxygen atoms in total. The van der Waals surface area contributed by atoms with Gasteiger partial charge in [0, 0.05) is 15.4 Å². The smallest absolute Gasteiger partial charge is 0.266 e. The Balaban J connectivity index is 2.16. The number of nitrogens with zero attached hydrogens (tertiary/aromatic N) is 1. The number of phenolic OH excluding ortho intramolecular Hbond substituents is 1. The van der Waals surface area contributed by atoms with Crippen LogP contribution in [0, 0.1) is 18.3 Å². The van der Waals surface area contributed by atoms with Crippen LogP contribution in [0.25, 0.3) is 6.08 Å². The van der Waals surface area contributed by atoms with Crippen LogP contribution in [-0.2, 0) is 4.79 Å². The van der Waals surface area contributed by atoms with E-state index in [4.69, 9.17) is 10.4 Å². The lowest BCUT2D eigenvalue weighted by atomic mass is 10.2. The Labute approximate surface area is 120 Å². The Kier molecular flexibility index (Phi) is 4.18. The maximum absolute atomic E-state index is 12.0. The van der Waals surface area contributed by atoms with E-state index in [1.807, 2.05) is 25.1 Å². The van der Waals surface area contributed by atoms with Gasteiger partial charge in [-0.2, -0.15) is 5.26 Å². The number of rotatable bonds is 3. The van der Waals surface area contributed by atoms with Gasteiger partial charge in [-0.3, -0.25) is 4.79 Å². The van der Waals surface area contributed by atoms with Crippen molar-refractivity contribution in [2.45, 2.75) is 6.92 Å².